The summed E-state index contributed by atoms with van der Waals surface area (Å²) in [5, 5.41) is 0. The SMILES string of the molecule is CC(C)N(c1ccnc(=O)[nH]1)C(C)C. The summed E-state index contributed by atoms with van der Waals surface area (Å²) >= 11 is 0. The molecule has 0 atom stereocenters. The second-order valence-corrected chi connectivity index (χ2v) is 3.85. The molecule has 0 aromatic carbocycles. The van der Waals surface area contributed by atoms with Crippen LogP contribution in [0.5, 0.6) is 0 Å². The maximum atomic E-state index is 11.0. The molecule has 0 aliphatic rings. The van der Waals surface area contributed by atoms with E-state index in [1.165, 1.54) is 6.20 Å². The van der Waals surface area contributed by atoms with Crippen LogP contribution in [0.25, 0.3) is 0 Å². The Balaban J connectivity index is 3.05. The lowest BCUT2D eigenvalue weighted by atomic mass is 10.2. The average molecular weight is 195 g/mol. The van der Waals surface area contributed by atoms with Crippen molar-refractivity contribution in [1.29, 1.82) is 0 Å². The van der Waals surface area contributed by atoms with Gasteiger partial charge in [0, 0.05) is 18.3 Å². The van der Waals surface area contributed by atoms with Gasteiger partial charge in [-0.15, -0.1) is 0 Å². The van der Waals surface area contributed by atoms with E-state index in [4.69, 9.17) is 0 Å². The van der Waals surface area contributed by atoms with Crippen molar-refractivity contribution < 1.29 is 0 Å². The number of hydrogen-bond acceptors (Lipinski definition) is 3. The van der Waals surface area contributed by atoms with Gasteiger partial charge in [-0.1, -0.05) is 0 Å². The highest BCUT2D eigenvalue weighted by Crippen LogP contribution is 2.14. The van der Waals surface area contributed by atoms with Crippen LogP contribution in [-0.2, 0) is 0 Å². The minimum atomic E-state index is -0.297. The number of aromatic nitrogens is 2. The van der Waals surface area contributed by atoms with E-state index in [2.05, 4.69) is 42.6 Å². The van der Waals surface area contributed by atoms with Crippen molar-refractivity contribution in [2.24, 2.45) is 0 Å². The molecule has 0 fully saturated rings. The van der Waals surface area contributed by atoms with Crippen molar-refractivity contribution in [3.05, 3.63) is 22.7 Å². The van der Waals surface area contributed by atoms with Crippen molar-refractivity contribution in [1.82, 2.24) is 9.97 Å². The third-order valence-corrected chi connectivity index (χ3v) is 2.05. The maximum absolute atomic E-state index is 11.0. The highest BCUT2D eigenvalue weighted by atomic mass is 16.1. The fraction of sp³-hybridized carbons (Fsp3) is 0.600. The molecule has 0 aliphatic carbocycles. The molecule has 4 nitrogen and oxygen atoms in total. The van der Waals surface area contributed by atoms with Crippen LogP contribution in [0.2, 0.25) is 0 Å². The summed E-state index contributed by atoms with van der Waals surface area (Å²) in [5.74, 6) is 0.829. The summed E-state index contributed by atoms with van der Waals surface area (Å²) in [4.78, 5) is 19.5. The first-order chi connectivity index (χ1) is 6.52. The number of hydrogen-bond donors (Lipinski definition) is 1. The molecule has 0 bridgehead atoms. The normalized spacial score (nSPS) is 11.0. The molecule has 14 heavy (non-hydrogen) atoms. The van der Waals surface area contributed by atoms with Crippen molar-refractivity contribution >= 4 is 5.82 Å². The zero-order valence-corrected chi connectivity index (χ0v) is 9.11. The molecule has 1 N–H and O–H groups in total. The van der Waals surface area contributed by atoms with E-state index in [1.54, 1.807) is 0 Å². The minimum Gasteiger partial charge on any atom is -0.353 e. The lowest BCUT2D eigenvalue weighted by Gasteiger charge is -2.32. The van der Waals surface area contributed by atoms with E-state index in [9.17, 15) is 4.79 Å². The molecular weight excluding hydrogens is 178 g/mol. The van der Waals surface area contributed by atoms with E-state index in [0.717, 1.165) is 5.82 Å². The summed E-state index contributed by atoms with van der Waals surface area (Å²) < 4.78 is 0. The van der Waals surface area contributed by atoms with Gasteiger partial charge in [0.2, 0.25) is 0 Å². The third kappa shape index (κ3) is 2.34. The first kappa shape index (κ1) is 10.8. The highest BCUT2D eigenvalue weighted by molar-refractivity contribution is 5.38. The highest BCUT2D eigenvalue weighted by Gasteiger charge is 2.14. The summed E-state index contributed by atoms with van der Waals surface area (Å²) in [6, 6.07) is 2.53. The Morgan fingerprint density at radius 3 is 2.29 bits per heavy atom. The van der Waals surface area contributed by atoms with Crippen molar-refractivity contribution in [3.63, 3.8) is 0 Å². The topological polar surface area (TPSA) is 49.0 Å². The summed E-state index contributed by atoms with van der Waals surface area (Å²) in [7, 11) is 0. The van der Waals surface area contributed by atoms with Gasteiger partial charge in [0.05, 0.1) is 0 Å². The van der Waals surface area contributed by atoms with Gasteiger partial charge >= 0.3 is 5.69 Å². The molecule has 0 radical (unpaired) electrons. The fourth-order valence-electron chi connectivity index (χ4n) is 1.66. The molecule has 78 valence electrons. The molecular formula is C10H17N3O. The van der Waals surface area contributed by atoms with Gasteiger partial charge in [-0.25, -0.2) is 9.78 Å². The quantitative estimate of drug-likeness (QED) is 0.793. The Morgan fingerprint density at radius 1 is 1.29 bits per heavy atom. The predicted octanol–water partition coefficient (Wildman–Crippen LogP) is 1.39. The number of anilines is 1. The van der Waals surface area contributed by atoms with Crippen LogP contribution in [0.3, 0.4) is 0 Å². The number of rotatable bonds is 3. The molecule has 1 heterocycles. The van der Waals surface area contributed by atoms with Crippen molar-refractivity contribution in [2.75, 3.05) is 4.90 Å². The van der Waals surface area contributed by atoms with E-state index >= 15 is 0 Å². The molecule has 0 spiro atoms. The van der Waals surface area contributed by atoms with Gasteiger partial charge in [-0.3, -0.25) is 4.98 Å². The molecule has 0 saturated heterocycles. The molecule has 1 rings (SSSR count). The number of nitrogens with one attached hydrogen (secondary N) is 1. The summed E-state index contributed by atoms with van der Waals surface area (Å²) in [6.07, 6.45) is 1.53. The van der Waals surface area contributed by atoms with Crippen LogP contribution in [0, 0.1) is 0 Å². The second-order valence-electron chi connectivity index (χ2n) is 3.85. The van der Waals surface area contributed by atoms with Gasteiger partial charge in [0.1, 0.15) is 5.82 Å². The van der Waals surface area contributed by atoms with Crippen LogP contribution in [0.15, 0.2) is 17.1 Å². The van der Waals surface area contributed by atoms with Gasteiger partial charge in [0.15, 0.2) is 0 Å². The summed E-state index contributed by atoms with van der Waals surface area (Å²) in [5.41, 5.74) is -0.297. The Morgan fingerprint density at radius 2 is 1.86 bits per heavy atom. The average Bonchev–Trinajstić information content (AvgIpc) is 2.02. The van der Waals surface area contributed by atoms with Crippen LogP contribution in [0.4, 0.5) is 5.82 Å². The fourth-order valence-corrected chi connectivity index (χ4v) is 1.66. The van der Waals surface area contributed by atoms with Crippen LogP contribution < -0.4 is 10.6 Å². The Labute approximate surface area is 84.0 Å². The number of nitrogens with zero attached hydrogens (tertiary/aromatic N) is 2. The molecule has 1 aromatic rings. The second kappa shape index (κ2) is 4.26. The molecule has 1 aromatic heterocycles. The number of aromatic amines is 1. The smallest absolute Gasteiger partial charge is 0.346 e. The van der Waals surface area contributed by atoms with Crippen LogP contribution in [0.1, 0.15) is 27.7 Å². The summed E-state index contributed by atoms with van der Waals surface area (Å²) in [6.45, 7) is 8.38. The van der Waals surface area contributed by atoms with E-state index < -0.39 is 0 Å². The van der Waals surface area contributed by atoms with Crippen molar-refractivity contribution in [2.45, 2.75) is 39.8 Å². The lowest BCUT2D eigenvalue weighted by molar-refractivity contribution is 0.598. The lowest BCUT2D eigenvalue weighted by Crippen LogP contribution is -2.38. The predicted molar refractivity (Wildman–Crippen MR) is 57.6 cm³/mol. The Kier molecular flexibility index (Phi) is 3.28. The van der Waals surface area contributed by atoms with Crippen LogP contribution in [-0.4, -0.2) is 22.1 Å². The largest absolute Gasteiger partial charge is 0.353 e. The first-order valence-corrected chi connectivity index (χ1v) is 4.86. The van der Waals surface area contributed by atoms with Gasteiger partial charge in [-0.05, 0) is 33.8 Å². The Bertz CT molecular complexity index is 335. The maximum Gasteiger partial charge on any atom is 0.346 e. The molecule has 0 saturated carbocycles. The van der Waals surface area contributed by atoms with Gasteiger partial charge in [0.25, 0.3) is 0 Å². The molecule has 0 aliphatic heterocycles. The molecule has 4 heteroatoms. The van der Waals surface area contributed by atoms with Gasteiger partial charge < -0.3 is 4.90 Å². The molecule has 0 unspecified atom stereocenters. The third-order valence-electron chi connectivity index (χ3n) is 2.05. The molecule has 0 amide bonds. The van der Waals surface area contributed by atoms with E-state index in [0.29, 0.717) is 12.1 Å². The zero-order valence-electron chi connectivity index (χ0n) is 9.11. The monoisotopic (exact) mass is 195 g/mol. The van der Waals surface area contributed by atoms with Crippen molar-refractivity contribution in [3.8, 4) is 0 Å². The van der Waals surface area contributed by atoms with Crippen LogP contribution >= 0.6 is 0 Å². The minimum absolute atomic E-state index is 0.297. The number of H-pyrrole nitrogens is 1. The Hall–Kier alpha value is -1.32. The van der Waals surface area contributed by atoms with E-state index in [1.807, 2.05) is 6.07 Å². The van der Waals surface area contributed by atoms with Gasteiger partial charge in [-0.2, -0.15) is 0 Å². The van der Waals surface area contributed by atoms with E-state index in [-0.39, 0.29) is 5.69 Å². The first-order valence-electron chi connectivity index (χ1n) is 4.86. The zero-order chi connectivity index (χ0) is 10.7. The standard InChI is InChI=1S/C10H17N3O/c1-7(2)13(8(3)4)9-5-6-11-10(14)12-9/h5-8H,1-4H3,(H,11,12,14).